The molecule has 7 nitrogen and oxygen atoms in total. The minimum atomic E-state index is -3.58. The lowest BCUT2D eigenvalue weighted by Gasteiger charge is -2.32. The SMILES string of the molecule is C[C@H]1CNCCN1S(=O)(=O)c1ccc2c(c1)oc(=O)n2C.Cl. The molecule has 1 aliphatic rings. The average molecular weight is 348 g/mol. The first kappa shape index (κ1) is 17.0. The zero-order valence-corrected chi connectivity index (χ0v) is 13.9. The van der Waals surface area contributed by atoms with Crippen molar-refractivity contribution in [2.24, 2.45) is 7.05 Å². The number of benzene rings is 1. The van der Waals surface area contributed by atoms with Gasteiger partial charge in [0.15, 0.2) is 5.58 Å². The van der Waals surface area contributed by atoms with Gasteiger partial charge in [-0.15, -0.1) is 12.4 Å². The summed E-state index contributed by atoms with van der Waals surface area (Å²) in [6, 6.07) is 4.42. The fourth-order valence-corrected chi connectivity index (χ4v) is 4.24. The Balaban J connectivity index is 0.00000176. The molecule has 1 atom stereocenters. The molecule has 122 valence electrons. The number of piperazine rings is 1. The van der Waals surface area contributed by atoms with Crippen LogP contribution in [0.15, 0.2) is 32.3 Å². The van der Waals surface area contributed by atoms with Crippen LogP contribution in [0.4, 0.5) is 0 Å². The Kier molecular flexibility index (Phi) is 4.67. The lowest BCUT2D eigenvalue weighted by molar-refractivity contribution is 0.284. The van der Waals surface area contributed by atoms with Gasteiger partial charge < -0.3 is 9.73 Å². The van der Waals surface area contributed by atoms with Gasteiger partial charge in [-0.05, 0) is 19.1 Å². The highest BCUT2D eigenvalue weighted by Crippen LogP contribution is 2.23. The van der Waals surface area contributed by atoms with Crippen molar-refractivity contribution >= 4 is 33.5 Å². The number of nitrogens with zero attached hydrogens (tertiary/aromatic N) is 2. The zero-order valence-electron chi connectivity index (χ0n) is 12.3. The topological polar surface area (TPSA) is 84.6 Å². The van der Waals surface area contributed by atoms with E-state index >= 15 is 0 Å². The van der Waals surface area contributed by atoms with Crippen molar-refractivity contribution in [2.75, 3.05) is 19.6 Å². The van der Waals surface area contributed by atoms with Gasteiger partial charge in [0.25, 0.3) is 0 Å². The van der Waals surface area contributed by atoms with Gasteiger partial charge in [0.05, 0.1) is 10.4 Å². The summed E-state index contributed by atoms with van der Waals surface area (Å²) in [7, 11) is -2.00. The van der Waals surface area contributed by atoms with E-state index in [1.54, 1.807) is 13.1 Å². The first-order valence-electron chi connectivity index (χ1n) is 6.73. The van der Waals surface area contributed by atoms with E-state index in [1.165, 1.54) is 21.0 Å². The molecular weight excluding hydrogens is 330 g/mol. The highest BCUT2D eigenvalue weighted by Gasteiger charge is 2.31. The number of oxazole rings is 1. The summed E-state index contributed by atoms with van der Waals surface area (Å²) in [5, 5.41) is 3.16. The number of aryl methyl sites for hydroxylation is 1. The number of hydrogen-bond donors (Lipinski definition) is 1. The summed E-state index contributed by atoms with van der Waals surface area (Å²) in [6.45, 7) is 3.55. The third kappa shape index (κ3) is 2.67. The third-order valence-corrected chi connectivity index (χ3v) is 5.82. The second-order valence-electron chi connectivity index (χ2n) is 5.23. The molecule has 0 radical (unpaired) electrons. The van der Waals surface area contributed by atoms with Gasteiger partial charge in [-0.1, -0.05) is 0 Å². The highest BCUT2D eigenvalue weighted by atomic mass is 35.5. The van der Waals surface area contributed by atoms with Gasteiger partial charge in [-0.25, -0.2) is 13.2 Å². The normalized spacial score (nSPS) is 20.0. The maximum absolute atomic E-state index is 12.7. The smallest absolute Gasteiger partial charge is 0.408 e. The quantitative estimate of drug-likeness (QED) is 0.857. The lowest BCUT2D eigenvalue weighted by Crippen LogP contribution is -2.52. The maximum Gasteiger partial charge on any atom is 0.419 e. The Morgan fingerprint density at radius 3 is 2.77 bits per heavy atom. The van der Waals surface area contributed by atoms with Crippen LogP contribution in [0.1, 0.15) is 6.92 Å². The second kappa shape index (κ2) is 6.04. The molecule has 1 aliphatic heterocycles. The number of aromatic nitrogens is 1. The van der Waals surface area contributed by atoms with Gasteiger partial charge >= 0.3 is 5.76 Å². The number of sulfonamides is 1. The number of rotatable bonds is 2. The number of halogens is 1. The van der Waals surface area contributed by atoms with Crippen LogP contribution in [0, 0.1) is 0 Å². The second-order valence-corrected chi connectivity index (χ2v) is 7.12. The summed E-state index contributed by atoms with van der Waals surface area (Å²) < 4.78 is 33.3. The molecule has 0 aliphatic carbocycles. The lowest BCUT2D eigenvalue weighted by atomic mass is 10.3. The van der Waals surface area contributed by atoms with E-state index in [0.717, 1.165) is 0 Å². The van der Waals surface area contributed by atoms with Crippen LogP contribution in [0.25, 0.3) is 11.1 Å². The molecule has 0 saturated carbocycles. The average Bonchev–Trinajstić information content (AvgIpc) is 2.74. The molecule has 0 bridgehead atoms. The first-order chi connectivity index (χ1) is 9.91. The van der Waals surface area contributed by atoms with Crippen molar-refractivity contribution in [3.63, 3.8) is 0 Å². The molecule has 1 N–H and O–H groups in total. The van der Waals surface area contributed by atoms with Crippen LogP contribution in [-0.4, -0.2) is 43.0 Å². The molecule has 3 rings (SSSR count). The van der Waals surface area contributed by atoms with E-state index in [9.17, 15) is 13.2 Å². The molecule has 0 spiro atoms. The van der Waals surface area contributed by atoms with Crippen LogP contribution >= 0.6 is 12.4 Å². The predicted molar refractivity (Wildman–Crippen MR) is 84.9 cm³/mol. The van der Waals surface area contributed by atoms with Crippen LogP contribution in [-0.2, 0) is 17.1 Å². The summed E-state index contributed by atoms with van der Waals surface area (Å²) in [5.41, 5.74) is 0.860. The van der Waals surface area contributed by atoms with E-state index in [2.05, 4.69) is 5.32 Å². The fourth-order valence-electron chi connectivity index (χ4n) is 2.59. The van der Waals surface area contributed by atoms with Crippen molar-refractivity contribution in [3.05, 3.63) is 28.7 Å². The molecule has 1 fully saturated rings. The molecule has 0 amide bonds. The summed E-state index contributed by atoms with van der Waals surface area (Å²) in [4.78, 5) is 11.6. The maximum atomic E-state index is 12.7. The highest BCUT2D eigenvalue weighted by molar-refractivity contribution is 7.89. The molecule has 1 saturated heterocycles. The minimum absolute atomic E-state index is 0. The predicted octanol–water partition coefficient (Wildman–Crippen LogP) is 0.536. The molecule has 0 unspecified atom stereocenters. The molecule has 1 aromatic carbocycles. The Morgan fingerprint density at radius 1 is 1.36 bits per heavy atom. The van der Waals surface area contributed by atoms with Gasteiger partial charge in [-0.2, -0.15) is 4.31 Å². The van der Waals surface area contributed by atoms with E-state index in [-0.39, 0.29) is 28.9 Å². The van der Waals surface area contributed by atoms with Crippen LogP contribution in [0.5, 0.6) is 0 Å². The summed E-state index contributed by atoms with van der Waals surface area (Å²) >= 11 is 0. The fraction of sp³-hybridized carbons (Fsp3) is 0.462. The Bertz CT molecular complexity index is 843. The number of fused-ring (bicyclic) bond motifs is 1. The largest absolute Gasteiger partial charge is 0.419 e. The summed E-state index contributed by atoms with van der Waals surface area (Å²) in [6.07, 6.45) is 0. The van der Waals surface area contributed by atoms with Crippen LogP contribution in [0.2, 0.25) is 0 Å². The van der Waals surface area contributed by atoms with Crippen molar-refractivity contribution in [1.82, 2.24) is 14.2 Å². The van der Waals surface area contributed by atoms with E-state index in [4.69, 9.17) is 4.42 Å². The Hall–Kier alpha value is -1.35. The number of nitrogens with one attached hydrogen (secondary N) is 1. The van der Waals surface area contributed by atoms with Crippen LogP contribution < -0.4 is 11.1 Å². The van der Waals surface area contributed by atoms with Gasteiger partial charge in [0.1, 0.15) is 0 Å². The van der Waals surface area contributed by atoms with Crippen LogP contribution in [0.3, 0.4) is 0 Å². The summed E-state index contributed by atoms with van der Waals surface area (Å²) in [5.74, 6) is -0.505. The van der Waals surface area contributed by atoms with Gasteiger partial charge in [0, 0.05) is 38.8 Å². The Labute approximate surface area is 134 Å². The van der Waals surface area contributed by atoms with E-state index in [0.29, 0.717) is 25.2 Å². The first-order valence-corrected chi connectivity index (χ1v) is 8.17. The van der Waals surface area contributed by atoms with Gasteiger partial charge in [-0.3, -0.25) is 4.57 Å². The standard InChI is InChI=1S/C13H17N3O4S.ClH/c1-9-8-14-5-6-16(9)21(18,19)10-3-4-11-12(7-10)20-13(17)15(11)2;/h3-4,7,9,14H,5-6,8H2,1-2H3;1H/t9-;/m0./s1. The number of hydrogen-bond acceptors (Lipinski definition) is 5. The molecule has 2 heterocycles. The molecule has 22 heavy (non-hydrogen) atoms. The molecular formula is C13H18ClN3O4S. The molecule has 2 aromatic rings. The van der Waals surface area contributed by atoms with E-state index in [1.807, 2.05) is 6.92 Å². The van der Waals surface area contributed by atoms with Gasteiger partial charge in [0.2, 0.25) is 10.0 Å². The van der Waals surface area contributed by atoms with E-state index < -0.39 is 15.8 Å². The van der Waals surface area contributed by atoms with Crippen molar-refractivity contribution in [2.45, 2.75) is 17.9 Å². The minimum Gasteiger partial charge on any atom is -0.408 e. The monoisotopic (exact) mass is 347 g/mol. The molecule has 9 heteroatoms. The Morgan fingerprint density at radius 2 is 2.09 bits per heavy atom. The van der Waals surface area contributed by atoms with Crippen molar-refractivity contribution in [1.29, 1.82) is 0 Å². The zero-order chi connectivity index (χ0) is 15.2. The molecule has 1 aromatic heterocycles. The third-order valence-electron chi connectivity index (χ3n) is 3.81. The van der Waals surface area contributed by atoms with Crippen molar-refractivity contribution in [3.8, 4) is 0 Å². The van der Waals surface area contributed by atoms with Crippen molar-refractivity contribution < 1.29 is 12.8 Å².